The highest BCUT2D eigenvalue weighted by molar-refractivity contribution is 7.98. The minimum absolute atomic E-state index is 0.199. The molecular weight excluding hydrogens is 396 g/mol. The second-order valence-electron chi connectivity index (χ2n) is 6.63. The summed E-state index contributed by atoms with van der Waals surface area (Å²) in [5.41, 5.74) is 2.64. The van der Waals surface area contributed by atoms with E-state index in [1.54, 1.807) is 18.5 Å². The number of amides is 1. The lowest BCUT2D eigenvalue weighted by atomic mass is 10.1. The van der Waals surface area contributed by atoms with Gasteiger partial charge in [0.2, 0.25) is 0 Å². The van der Waals surface area contributed by atoms with Gasteiger partial charge in [-0.1, -0.05) is 48.2 Å². The van der Waals surface area contributed by atoms with E-state index in [0.29, 0.717) is 28.8 Å². The van der Waals surface area contributed by atoms with E-state index in [2.05, 4.69) is 20.6 Å². The molecule has 4 aromatic rings. The van der Waals surface area contributed by atoms with Crippen molar-refractivity contribution in [1.82, 2.24) is 15.3 Å². The summed E-state index contributed by atoms with van der Waals surface area (Å²) < 4.78 is 5.89. The zero-order chi connectivity index (χ0) is 20.6. The Kier molecular flexibility index (Phi) is 6.61. The first-order valence-electron chi connectivity index (χ1n) is 9.78. The van der Waals surface area contributed by atoms with Crippen molar-refractivity contribution in [1.29, 1.82) is 0 Å². The molecule has 6 nitrogen and oxygen atoms in total. The Hall–Kier alpha value is -3.32. The molecule has 0 fully saturated rings. The molecule has 2 aromatic heterocycles. The van der Waals surface area contributed by atoms with Gasteiger partial charge in [0.1, 0.15) is 5.58 Å². The summed E-state index contributed by atoms with van der Waals surface area (Å²) in [7, 11) is 0. The Labute approximate surface area is 179 Å². The summed E-state index contributed by atoms with van der Waals surface area (Å²) in [6.45, 7) is 1.34. The molecule has 0 bridgehead atoms. The molecule has 2 heterocycles. The van der Waals surface area contributed by atoms with Crippen molar-refractivity contribution in [2.24, 2.45) is 0 Å². The number of hydrogen-bond acceptors (Lipinski definition) is 6. The number of carbonyl (C=O) groups excluding carboxylic acids is 1. The second-order valence-corrected chi connectivity index (χ2v) is 7.57. The predicted molar refractivity (Wildman–Crippen MR) is 120 cm³/mol. The van der Waals surface area contributed by atoms with Crippen LogP contribution in [-0.2, 0) is 5.75 Å². The van der Waals surface area contributed by atoms with Gasteiger partial charge in [-0.2, -0.15) is 0 Å². The molecule has 0 aliphatic heterocycles. The molecule has 7 heteroatoms. The van der Waals surface area contributed by atoms with Gasteiger partial charge in [0, 0.05) is 47.9 Å². The van der Waals surface area contributed by atoms with Crippen LogP contribution in [0.15, 0.2) is 82.6 Å². The Bertz CT molecular complexity index is 1100. The number of rotatable bonds is 9. The smallest absolute Gasteiger partial charge is 0.287 e. The first-order valence-corrected chi connectivity index (χ1v) is 10.8. The van der Waals surface area contributed by atoms with Gasteiger partial charge < -0.3 is 15.1 Å². The van der Waals surface area contributed by atoms with E-state index in [0.717, 1.165) is 29.6 Å². The minimum atomic E-state index is -0.199. The zero-order valence-corrected chi connectivity index (χ0v) is 17.2. The highest BCUT2D eigenvalue weighted by atomic mass is 32.2. The topological polar surface area (TPSA) is 80.0 Å². The van der Waals surface area contributed by atoms with E-state index >= 15 is 0 Å². The van der Waals surface area contributed by atoms with Crippen LogP contribution in [0.25, 0.3) is 11.0 Å². The van der Waals surface area contributed by atoms with Crippen molar-refractivity contribution in [3.8, 4) is 0 Å². The molecule has 0 radical (unpaired) electrons. The van der Waals surface area contributed by atoms with Crippen LogP contribution in [0.3, 0.4) is 0 Å². The van der Waals surface area contributed by atoms with Crippen LogP contribution in [0.1, 0.15) is 22.5 Å². The number of nitrogens with zero attached hydrogens (tertiary/aromatic N) is 2. The van der Waals surface area contributed by atoms with Crippen LogP contribution in [0.5, 0.6) is 0 Å². The fourth-order valence-corrected chi connectivity index (χ4v) is 3.91. The highest BCUT2D eigenvalue weighted by Gasteiger charge is 2.20. The standard InChI is InChI=1S/C23H22N4O2S/c28-22(25-13-6-12-24-17-8-2-1-3-9-17)21-19(16-30-23-26-14-7-15-27-23)18-10-4-5-11-20(18)29-21/h1-5,7-11,14-15,24H,6,12-13,16H2,(H,25,28). The monoisotopic (exact) mass is 418 g/mol. The third kappa shape index (κ3) is 4.99. The number of hydrogen-bond donors (Lipinski definition) is 2. The van der Waals surface area contributed by atoms with Crippen molar-refractivity contribution in [2.45, 2.75) is 17.3 Å². The van der Waals surface area contributed by atoms with Crippen molar-refractivity contribution in [3.05, 3.63) is 84.4 Å². The number of anilines is 1. The van der Waals surface area contributed by atoms with Crippen molar-refractivity contribution < 1.29 is 9.21 Å². The number of benzene rings is 2. The van der Waals surface area contributed by atoms with Gasteiger partial charge >= 0.3 is 0 Å². The first kappa shape index (κ1) is 20.0. The molecule has 1 amide bonds. The largest absolute Gasteiger partial charge is 0.451 e. The van der Waals surface area contributed by atoms with Crippen molar-refractivity contribution >= 4 is 34.3 Å². The van der Waals surface area contributed by atoms with Crippen LogP contribution >= 0.6 is 11.8 Å². The lowest BCUT2D eigenvalue weighted by molar-refractivity contribution is 0.0927. The van der Waals surface area contributed by atoms with Crippen LogP contribution < -0.4 is 10.6 Å². The van der Waals surface area contributed by atoms with Gasteiger partial charge in [-0.3, -0.25) is 4.79 Å². The van der Waals surface area contributed by atoms with Crippen LogP contribution in [0.2, 0.25) is 0 Å². The Morgan fingerprint density at radius 2 is 1.70 bits per heavy atom. The number of para-hydroxylation sites is 2. The SMILES string of the molecule is O=C(NCCCNc1ccccc1)c1oc2ccccc2c1CSc1ncccn1. The summed E-state index contributed by atoms with van der Waals surface area (Å²) in [4.78, 5) is 21.3. The summed E-state index contributed by atoms with van der Waals surface area (Å²) in [5, 5.41) is 7.92. The third-order valence-electron chi connectivity index (χ3n) is 4.53. The summed E-state index contributed by atoms with van der Waals surface area (Å²) >= 11 is 1.48. The molecule has 0 unspecified atom stereocenters. The predicted octanol–water partition coefficient (Wildman–Crippen LogP) is 4.75. The van der Waals surface area contributed by atoms with Crippen molar-refractivity contribution in [3.63, 3.8) is 0 Å². The maximum atomic E-state index is 12.8. The second kappa shape index (κ2) is 9.93. The van der Waals surface area contributed by atoms with E-state index in [9.17, 15) is 4.79 Å². The summed E-state index contributed by atoms with van der Waals surface area (Å²) in [6.07, 6.45) is 4.22. The third-order valence-corrected chi connectivity index (χ3v) is 5.44. The molecule has 0 atom stereocenters. The van der Waals surface area contributed by atoms with Gasteiger partial charge in [0.15, 0.2) is 10.9 Å². The average Bonchev–Trinajstić information content (AvgIpc) is 3.17. The molecule has 2 N–H and O–H groups in total. The average molecular weight is 419 g/mol. The fourth-order valence-electron chi connectivity index (χ4n) is 3.08. The Morgan fingerprint density at radius 3 is 2.53 bits per heavy atom. The van der Waals surface area contributed by atoms with Crippen LogP contribution in [0.4, 0.5) is 5.69 Å². The first-order chi connectivity index (χ1) is 14.8. The van der Waals surface area contributed by atoms with E-state index in [1.807, 2.05) is 54.6 Å². The molecule has 30 heavy (non-hydrogen) atoms. The molecule has 0 aliphatic rings. The fraction of sp³-hybridized carbons (Fsp3) is 0.174. The molecule has 0 spiro atoms. The van der Waals surface area contributed by atoms with E-state index in [-0.39, 0.29) is 5.91 Å². The Balaban J connectivity index is 1.39. The molecule has 4 rings (SSSR count). The van der Waals surface area contributed by atoms with Crippen LogP contribution in [-0.4, -0.2) is 29.0 Å². The quantitative estimate of drug-likeness (QED) is 0.232. The van der Waals surface area contributed by atoms with Crippen molar-refractivity contribution in [2.75, 3.05) is 18.4 Å². The number of aromatic nitrogens is 2. The number of fused-ring (bicyclic) bond motifs is 1. The molecular formula is C23H22N4O2S. The molecule has 0 saturated heterocycles. The maximum absolute atomic E-state index is 12.8. The number of furan rings is 1. The molecule has 0 saturated carbocycles. The Morgan fingerprint density at radius 1 is 0.933 bits per heavy atom. The highest BCUT2D eigenvalue weighted by Crippen LogP contribution is 2.30. The zero-order valence-electron chi connectivity index (χ0n) is 16.4. The summed E-state index contributed by atoms with van der Waals surface area (Å²) in [5.74, 6) is 0.713. The normalized spacial score (nSPS) is 10.8. The van der Waals surface area contributed by atoms with Gasteiger partial charge in [-0.15, -0.1) is 0 Å². The van der Waals surface area contributed by atoms with Gasteiger partial charge in [-0.25, -0.2) is 9.97 Å². The lowest BCUT2D eigenvalue weighted by Gasteiger charge is -2.07. The van der Waals surface area contributed by atoms with Gasteiger partial charge in [0.25, 0.3) is 5.91 Å². The van der Waals surface area contributed by atoms with E-state index in [1.165, 1.54) is 11.8 Å². The van der Waals surface area contributed by atoms with Crippen LogP contribution in [0, 0.1) is 0 Å². The number of nitrogens with one attached hydrogen (secondary N) is 2. The number of carbonyl (C=O) groups is 1. The summed E-state index contributed by atoms with van der Waals surface area (Å²) in [6, 6.07) is 19.5. The van der Waals surface area contributed by atoms with Gasteiger partial charge in [0.05, 0.1) is 0 Å². The molecule has 2 aromatic carbocycles. The molecule has 152 valence electrons. The minimum Gasteiger partial charge on any atom is -0.451 e. The molecule has 0 aliphatic carbocycles. The van der Waals surface area contributed by atoms with E-state index < -0.39 is 0 Å². The van der Waals surface area contributed by atoms with E-state index in [4.69, 9.17) is 4.42 Å². The van der Waals surface area contributed by atoms with Gasteiger partial charge in [-0.05, 0) is 30.7 Å². The maximum Gasteiger partial charge on any atom is 0.287 e. The lowest BCUT2D eigenvalue weighted by Crippen LogP contribution is -2.26. The number of thioether (sulfide) groups is 1.